The van der Waals surface area contributed by atoms with Gasteiger partial charge in [0.1, 0.15) is 19.3 Å². The number of imidazole rings is 1. The number of aromatic nitrogens is 2. The average Bonchev–Trinajstić information content (AvgIpc) is 2.97. The molecule has 7 heteroatoms. The maximum Gasteiger partial charge on any atom is 0.342 e. The number of benzene rings is 1. The van der Waals surface area contributed by atoms with Crippen molar-refractivity contribution in [2.24, 2.45) is 0 Å². The SMILES string of the molecule is CCc1ncc([N+](=O)[O-])n1CCOC(=O)C=Cc1ccccc1. The van der Waals surface area contributed by atoms with Gasteiger partial charge in [-0.3, -0.25) is 0 Å². The van der Waals surface area contributed by atoms with Gasteiger partial charge < -0.3 is 14.9 Å². The quantitative estimate of drug-likeness (QED) is 0.339. The van der Waals surface area contributed by atoms with Crippen LogP contribution in [0.3, 0.4) is 0 Å². The zero-order chi connectivity index (χ0) is 16.7. The van der Waals surface area contributed by atoms with Gasteiger partial charge in [0.05, 0.1) is 0 Å². The number of esters is 1. The van der Waals surface area contributed by atoms with Crippen LogP contribution < -0.4 is 0 Å². The van der Waals surface area contributed by atoms with Gasteiger partial charge in [-0.2, -0.15) is 0 Å². The fraction of sp³-hybridized carbons (Fsp3) is 0.250. The molecule has 0 unspecified atom stereocenters. The first-order valence-electron chi connectivity index (χ1n) is 7.20. The monoisotopic (exact) mass is 315 g/mol. The molecule has 1 aromatic heterocycles. The van der Waals surface area contributed by atoms with Crippen LogP contribution in [-0.2, 0) is 22.5 Å². The van der Waals surface area contributed by atoms with E-state index in [-0.39, 0.29) is 19.0 Å². The van der Waals surface area contributed by atoms with Crippen LogP contribution in [-0.4, -0.2) is 27.1 Å². The maximum atomic E-state index is 11.7. The number of nitro groups is 1. The zero-order valence-corrected chi connectivity index (χ0v) is 12.7. The number of nitrogens with zero attached hydrogens (tertiary/aromatic N) is 3. The number of hydrogen-bond donors (Lipinski definition) is 0. The summed E-state index contributed by atoms with van der Waals surface area (Å²) in [6, 6.07) is 9.36. The fourth-order valence-corrected chi connectivity index (χ4v) is 2.09. The molecule has 0 radical (unpaired) electrons. The highest BCUT2D eigenvalue weighted by molar-refractivity contribution is 5.86. The van der Waals surface area contributed by atoms with Crippen LogP contribution in [0.4, 0.5) is 5.82 Å². The van der Waals surface area contributed by atoms with E-state index >= 15 is 0 Å². The molecule has 0 amide bonds. The van der Waals surface area contributed by atoms with Crippen LogP contribution in [0.25, 0.3) is 6.08 Å². The Morgan fingerprint density at radius 2 is 2.13 bits per heavy atom. The summed E-state index contributed by atoms with van der Waals surface area (Å²) in [6.45, 7) is 2.10. The Balaban J connectivity index is 1.90. The summed E-state index contributed by atoms with van der Waals surface area (Å²) in [7, 11) is 0. The Hall–Kier alpha value is -2.96. The molecule has 0 aliphatic carbocycles. The van der Waals surface area contributed by atoms with E-state index in [1.165, 1.54) is 16.8 Å². The minimum Gasteiger partial charge on any atom is -0.458 e. The summed E-state index contributed by atoms with van der Waals surface area (Å²) >= 11 is 0. The van der Waals surface area contributed by atoms with Crippen molar-refractivity contribution in [2.75, 3.05) is 6.61 Å². The first-order chi connectivity index (χ1) is 11.1. The third-order valence-electron chi connectivity index (χ3n) is 3.19. The molecule has 0 atom stereocenters. The molecular formula is C16H17N3O4. The molecule has 0 spiro atoms. The van der Waals surface area contributed by atoms with Gasteiger partial charge in [-0.05, 0) is 16.6 Å². The highest BCUT2D eigenvalue weighted by Gasteiger charge is 2.18. The van der Waals surface area contributed by atoms with Crippen molar-refractivity contribution >= 4 is 17.9 Å². The van der Waals surface area contributed by atoms with Gasteiger partial charge in [-0.25, -0.2) is 14.3 Å². The number of rotatable bonds is 7. The average molecular weight is 315 g/mol. The van der Waals surface area contributed by atoms with Crippen molar-refractivity contribution < 1.29 is 14.5 Å². The highest BCUT2D eigenvalue weighted by Crippen LogP contribution is 2.14. The van der Waals surface area contributed by atoms with E-state index < -0.39 is 10.9 Å². The van der Waals surface area contributed by atoms with E-state index in [2.05, 4.69) is 4.98 Å². The Kier molecular flexibility index (Phi) is 5.62. The van der Waals surface area contributed by atoms with Gasteiger partial charge in [-0.1, -0.05) is 37.3 Å². The summed E-state index contributed by atoms with van der Waals surface area (Å²) in [5, 5.41) is 10.9. The van der Waals surface area contributed by atoms with Gasteiger partial charge in [0.25, 0.3) is 0 Å². The van der Waals surface area contributed by atoms with Gasteiger partial charge >= 0.3 is 11.8 Å². The minimum atomic E-state index is -0.497. The molecule has 0 aliphatic rings. The third-order valence-corrected chi connectivity index (χ3v) is 3.19. The first kappa shape index (κ1) is 16.4. The molecule has 23 heavy (non-hydrogen) atoms. The molecule has 7 nitrogen and oxygen atoms in total. The standard InChI is InChI=1S/C16H17N3O4/c1-2-14-17-12-15(19(21)22)18(14)10-11-23-16(20)9-8-13-6-4-3-5-7-13/h3-9,12H,2,10-11H2,1H3. The largest absolute Gasteiger partial charge is 0.458 e. The van der Waals surface area contributed by atoms with Crippen LogP contribution in [0.15, 0.2) is 42.6 Å². The van der Waals surface area contributed by atoms with Crippen LogP contribution in [0.2, 0.25) is 0 Å². The second kappa shape index (κ2) is 7.88. The normalized spacial score (nSPS) is 10.8. The summed E-state index contributed by atoms with van der Waals surface area (Å²) in [6.07, 6.45) is 4.77. The molecule has 1 aromatic carbocycles. The molecule has 2 rings (SSSR count). The van der Waals surface area contributed by atoms with E-state index in [1.807, 2.05) is 37.3 Å². The van der Waals surface area contributed by atoms with E-state index in [0.29, 0.717) is 12.2 Å². The first-order valence-corrected chi connectivity index (χ1v) is 7.20. The van der Waals surface area contributed by atoms with Gasteiger partial charge in [0.2, 0.25) is 0 Å². The zero-order valence-electron chi connectivity index (χ0n) is 12.7. The Bertz CT molecular complexity index is 707. The molecule has 0 saturated carbocycles. The highest BCUT2D eigenvalue weighted by atomic mass is 16.6. The molecular weight excluding hydrogens is 298 g/mol. The van der Waals surface area contributed by atoms with Crippen molar-refractivity contribution in [1.29, 1.82) is 0 Å². The van der Waals surface area contributed by atoms with Gasteiger partial charge in [0.15, 0.2) is 5.82 Å². The van der Waals surface area contributed by atoms with Crippen molar-refractivity contribution in [3.8, 4) is 0 Å². The summed E-state index contributed by atoms with van der Waals surface area (Å²) < 4.78 is 6.53. The number of hydrogen-bond acceptors (Lipinski definition) is 5. The number of aryl methyl sites for hydroxylation is 1. The number of carbonyl (C=O) groups excluding carboxylic acids is 1. The maximum absolute atomic E-state index is 11.7. The fourth-order valence-electron chi connectivity index (χ4n) is 2.09. The Morgan fingerprint density at radius 3 is 2.78 bits per heavy atom. The second-order valence-corrected chi connectivity index (χ2v) is 4.71. The lowest BCUT2D eigenvalue weighted by Crippen LogP contribution is -2.13. The minimum absolute atomic E-state index is 0.0438. The lowest BCUT2D eigenvalue weighted by molar-refractivity contribution is -0.392. The predicted molar refractivity (Wildman–Crippen MR) is 84.7 cm³/mol. The van der Waals surface area contributed by atoms with Gasteiger partial charge in [0, 0.05) is 12.5 Å². The lowest BCUT2D eigenvalue weighted by Gasteiger charge is -2.04. The molecule has 0 saturated heterocycles. The molecule has 1 heterocycles. The molecule has 0 fully saturated rings. The van der Waals surface area contributed by atoms with Crippen LogP contribution in [0.1, 0.15) is 18.3 Å². The molecule has 0 N–H and O–H groups in total. The van der Waals surface area contributed by atoms with Crippen molar-refractivity contribution in [2.45, 2.75) is 19.9 Å². The van der Waals surface area contributed by atoms with E-state index in [9.17, 15) is 14.9 Å². The summed E-state index contributed by atoms with van der Waals surface area (Å²) in [5.74, 6) is -0.0000249. The predicted octanol–water partition coefficient (Wildman–Crippen LogP) is 2.61. The smallest absolute Gasteiger partial charge is 0.342 e. The Morgan fingerprint density at radius 1 is 1.39 bits per heavy atom. The topological polar surface area (TPSA) is 87.3 Å². The molecule has 120 valence electrons. The summed E-state index contributed by atoms with van der Waals surface area (Å²) in [4.78, 5) is 26.1. The van der Waals surface area contributed by atoms with Crippen molar-refractivity contribution in [3.63, 3.8) is 0 Å². The summed E-state index contributed by atoms with van der Waals surface area (Å²) in [5.41, 5.74) is 0.892. The molecule has 2 aromatic rings. The van der Waals surface area contributed by atoms with E-state index in [0.717, 1.165) is 5.56 Å². The Labute approximate surface area is 133 Å². The van der Waals surface area contributed by atoms with Gasteiger partial charge in [-0.15, -0.1) is 0 Å². The van der Waals surface area contributed by atoms with E-state index in [1.54, 1.807) is 6.08 Å². The van der Waals surface area contributed by atoms with Crippen molar-refractivity contribution in [1.82, 2.24) is 9.55 Å². The molecule has 0 aliphatic heterocycles. The number of carbonyl (C=O) groups is 1. The third kappa shape index (κ3) is 4.50. The van der Waals surface area contributed by atoms with Crippen LogP contribution in [0.5, 0.6) is 0 Å². The van der Waals surface area contributed by atoms with Crippen molar-refractivity contribution in [3.05, 3.63) is 64.1 Å². The van der Waals surface area contributed by atoms with Crippen LogP contribution >= 0.6 is 0 Å². The second-order valence-electron chi connectivity index (χ2n) is 4.71. The molecule has 0 bridgehead atoms. The lowest BCUT2D eigenvalue weighted by atomic mass is 10.2. The van der Waals surface area contributed by atoms with E-state index in [4.69, 9.17) is 4.74 Å². The van der Waals surface area contributed by atoms with Crippen LogP contribution in [0, 0.1) is 10.1 Å². The number of ether oxygens (including phenoxy) is 1.